The van der Waals surface area contributed by atoms with Gasteiger partial charge >= 0.3 is 0 Å². The van der Waals surface area contributed by atoms with E-state index < -0.39 is 0 Å². The third-order valence-corrected chi connectivity index (χ3v) is 9.88. The highest BCUT2D eigenvalue weighted by molar-refractivity contribution is 6.01. The van der Waals surface area contributed by atoms with Gasteiger partial charge in [-0.3, -0.25) is 0 Å². The number of benzene rings is 9. The maximum atomic E-state index is 2.39. The average Bonchev–Trinajstić information content (AvgIpc) is 3.21. The van der Waals surface area contributed by atoms with Crippen LogP contribution < -0.4 is 4.90 Å². The van der Waals surface area contributed by atoms with Crippen LogP contribution in [0.1, 0.15) is 0 Å². The van der Waals surface area contributed by atoms with E-state index in [9.17, 15) is 0 Å². The summed E-state index contributed by atoms with van der Waals surface area (Å²) in [6.45, 7) is 0. The first-order valence-electron chi connectivity index (χ1n) is 17.5. The van der Waals surface area contributed by atoms with Crippen LogP contribution in [0.25, 0.3) is 66.1 Å². The van der Waals surface area contributed by atoms with E-state index in [-0.39, 0.29) is 0 Å². The van der Waals surface area contributed by atoms with Crippen molar-refractivity contribution in [2.24, 2.45) is 0 Å². The Labute approximate surface area is 299 Å². The highest BCUT2D eigenvalue weighted by atomic mass is 15.1. The van der Waals surface area contributed by atoms with Crippen LogP contribution in [0, 0.1) is 0 Å². The van der Waals surface area contributed by atoms with Crippen LogP contribution in [0.3, 0.4) is 0 Å². The van der Waals surface area contributed by atoms with E-state index in [1.54, 1.807) is 0 Å². The smallest absolute Gasteiger partial charge is 0.0540 e. The summed E-state index contributed by atoms with van der Waals surface area (Å²) >= 11 is 0. The predicted octanol–water partition coefficient (Wildman–Crippen LogP) is 14.1. The first-order chi connectivity index (χ1) is 25.3. The van der Waals surface area contributed by atoms with Crippen LogP contribution in [0.15, 0.2) is 212 Å². The number of hydrogen-bond acceptors (Lipinski definition) is 1. The van der Waals surface area contributed by atoms with Gasteiger partial charge in [0.2, 0.25) is 0 Å². The second kappa shape index (κ2) is 13.3. The number of nitrogens with zero attached hydrogens (tertiary/aromatic N) is 1. The minimum atomic E-state index is 1.11. The van der Waals surface area contributed by atoms with Crippen molar-refractivity contribution in [3.63, 3.8) is 0 Å². The monoisotopic (exact) mass is 649 g/mol. The third kappa shape index (κ3) is 5.75. The summed E-state index contributed by atoms with van der Waals surface area (Å²) in [7, 11) is 0. The second-order valence-corrected chi connectivity index (χ2v) is 12.9. The van der Waals surface area contributed by atoms with Gasteiger partial charge in [-0.05, 0) is 91.0 Å². The molecule has 1 heteroatoms. The first-order valence-corrected chi connectivity index (χ1v) is 17.5. The Hall–Kier alpha value is -6.70. The number of hydrogen-bond donors (Lipinski definition) is 0. The summed E-state index contributed by atoms with van der Waals surface area (Å²) in [5, 5.41) is 4.89. The lowest BCUT2D eigenvalue weighted by atomic mass is 9.87. The minimum Gasteiger partial charge on any atom is -0.310 e. The van der Waals surface area contributed by atoms with Gasteiger partial charge in [-0.2, -0.15) is 0 Å². The molecule has 0 unspecified atom stereocenters. The molecule has 0 atom stereocenters. The average molecular weight is 650 g/mol. The fourth-order valence-corrected chi connectivity index (χ4v) is 7.45. The van der Waals surface area contributed by atoms with Gasteiger partial charge in [0.25, 0.3) is 0 Å². The molecule has 0 radical (unpaired) electrons. The van der Waals surface area contributed by atoms with Gasteiger partial charge < -0.3 is 4.90 Å². The van der Waals surface area contributed by atoms with E-state index in [0.29, 0.717) is 0 Å². The van der Waals surface area contributed by atoms with Crippen LogP contribution in [0.5, 0.6) is 0 Å². The molecule has 0 aromatic heterocycles. The molecular formula is C50H35N. The summed E-state index contributed by atoms with van der Waals surface area (Å²) in [6.07, 6.45) is 0. The first kappa shape index (κ1) is 30.4. The van der Waals surface area contributed by atoms with Crippen molar-refractivity contribution in [3.8, 4) is 44.5 Å². The highest BCUT2D eigenvalue weighted by Crippen LogP contribution is 2.43. The molecule has 9 rings (SSSR count). The maximum absolute atomic E-state index is 2.39. The summed E-state index contributed by atoms with van der Waals surface area (Å²) in [5.41, 5.74) is 13.1. The Morgan fingerprint density at radius 1 is 0.255 bits per heavy atom. The summed E-state index contributed by atoms with van der Waals surface area (Å²) in [6, 6.07) is 76.6. The molecule has 51 heavy (non-hydrogen) atoms. The Balaban J connectivity index is 1.16. The molecule has 0 amide bonds. The zero-order valence-electron chi connectivity index (χ0n) is 28.2. The molecule has 9 aromatic rings. The Morgan fingerprint density at radius 3 is 1.35 bits per heavy atom. The van der Waals surface area contributed by atoms with E-state index in [4.69, 9.17) is 0 Å². The molecule has 0 fully saturated rings. The topological polar surface area (TPSA) is 3.24 Å². The highest BCUT2D eigenvalue weighted by Gasteiger charge is 2.18. The molecule has 0 spiro atoms. The van der Waals surface area contributed by atoms with E-state index >= 15 is 0 Å². The molecule has 0 bridgehead atoms. The summed E-state index contributed by atoms with van der Waals surface area (Å²) in [5.74, 6) is 0. The van der Waals surface area contributed by atoms with Crippen molar-refractivity contribution < 1.29 is 0 Å². The van der Waals surface area contributed by atoms with Gasteiger partial charge in [-0.25, -0.2) is 0 Å². The van der Waals surface area contributed by atoms with Crippen LogP contribution in [-0.2, 0) is 0 Å². The summed E-state index contributed by atoms with van der Waals surface area (Å²) in [4.78, 5) is 2.39. The predicted molar refractivity (Wildman–Crippen MR) is 218 cm³/mol. The fourth-order valence-electron chi connectivity index (χ4n) is 7.45. The maximum Gasteiger partial charge on any atom is 0.0540 e. The van der Waals surface area contributed by atoms with Crippen molar-refractivity contribution in [3.05, 3.63) is 212 Å². The lowest BCUT2D eigenvalue weighted by Gasteiger charge is -2.27. The van der Waals surface area contributed by atoms with Gasteiger partial charge in [-0.15, -0.1) is 0 Å². The lowest BCUT2D eigenvalue weighted by molar-refractivity contribution is 1.30. The van der Waals surface area contributed by atoms with Crippen molar-refractivity contribution in [2.75, 3.05) is 4.90 Å². The van der Waals surface area contributed by atoms with Gasteiger partial charge in [-0.1, -0.05) is 182 Å². The molecule has 0 N–H and O–H groups in total. The van der Waals surface area contributed by atoms with Crippen LogP contribution in [0.4, 0.5) is 17.1 Å². The Bertz CT molecular complexity index is 2630. The largest absolute Gasteiger partial charge is 0.310 e. The zero-order valence-corrected chi connectivity index (χ0v) is 28.2. The molecule has 0 aliphatic heterocycles. The SMILES string of the molecule is c1ccc(-c2ccccc2-c2ccccc2-c2ccccc2-c2ccc(N(c3ccc4ccccc4c3)c3cccc4ccccc34)cc2)cc1. The number of fused-ring (bicyclic) bond motifs is 2. The van der Waals surface area contributed by atoms with Crippen LogP contribution in [-0.4, -0.2) is 0 Å². The van der Waals surface area contributed by atoms with Crippen molar-refractivity contribution in [1.82, 2.24) is 0 Å². The molecule has 240 valence electrons. The van der Waals surface area contributed by atoms with E-state index in [2.05, 4.69) is 217 Å². The lowest BCUT2D eigenvalue weighted by Crippen LogP contribution is -2.10. The van der Waals surface area contributed by atoms with Gasteiger partial charge in [0.15, 0.2) is 0 Å². The molecular weight excluding hydrogens is 615 g/mol. The molecule has 0 aliphatic carbocycles. The zero-order chi connectivity index (χ0) is 34.0. The second-order valence-electron chi connectivity index (χ2n) is 12.9. The molecule has 0 heterocycles. The van der Waals surface area contributed by atoms with Crippen molar-refractivity contribution in [1.29, 1.82) is 0 Å². The van der Waals surface area contributed by atoms with Gasteiger partial charge in [0.1, 0.15) is 0 Å². The van der Waals surface area contributed by atoms with Gasteiger partial charge in [0.05, 0.1) is 5.69 Å². The van der Waals surface area contributed by atoms with E-state index in [1.165, 1.54) is 66.1 Å². The van der Waals surface area contributed by atoms with Crippen LogP contribution in [0.2, 0.25) is 0 Å². The molecule has 9 aromatic carbocycles. The molecule has 0 aliphatic rings. The third-order valence-electron chi connectivity index (χ3n) is 9.88. The Morgan fingerprint density at radius 2 is 0.706 bits per heavy atom. The van der Waals surface area contributed by atoms with Crippen molar-refractivity contribution >= 4 is 38.6 Å². The number of rotatable bonds is 7. The summed E-state index contributed by atoms with van der Waals surface area (Å²) < 4.78 is 0. The fraction of sp³-hybridized carbons (Fsp3) is 0. The van der Waals surface area contributed by atoms with Gasteiger partial charge in [0, 0.05) is 16.8 Å². The molecule has 0 saturated carbocycles. The van der Waals surface area contributed by atoms with E-state index in [0.717, 1.165) is 17.1 Å². The van der Waals surface area contributed by atoms with Crippen LogP contribution >= 0.6 is 0 Å². The number of anilines is 3. The Kier molecular flexibility index (Phi) is 7.92. The standard InChI is InChI=1S/C50H35N/c1-2-16-37(17-3-1)43-21-8-10-24-46(43)48-26-12-13-27-49(48)47-25-11-9-22-44(47)39-30-32-41(33-31-39)51(42-34-29-36-15-4-5-19-40(36)35-42)50-28-14-20-38-18-6-7-23-45(38)50/h1-35H. The van der Waals surface area contributed by atoms with E-state index in [1.807, 2.05) is 0 Å². The van der Waals surface area contributed by atoms with Crippen molar-refractivity contribution in [2.45, 2.75) is 0 Å². The minimum absolute atomic E-state index is 1.11. The normalized spacial score (nSPS) is 11.1. The molecule has 1 nitrogen and oxygen atoms in total. The quantitative estimate of drug-likeness (QED) is 0.166. The molecule has 0 saturated heterocycles.